The van der Waals surface area contributed by atoms with Crippen molar-refractivity contribution in [3.05, 3.63) is 23.2 Å². The molecule has 1 amide bonds. The molecule has 2 aromatic rings. The Hall–Kier alpha value is -1.90. The summed E-state index contributed by atoms with van der Waals surface area (Å²) in [5.74, 6) is 0. The molecule has 3 rings (SSSR count). The van der Waals surface area contributed by atoms with Crippen LogP contribution in [-0.2, 0) is 19.7 Å². The molecule has 0 unspecified atom stereocenters. The summed E-state index contributed by atoms with van der Waals surface area (Å²) >= 11 is 6.22. The summed E-state index contributed by atoms with van der Waals surface area (Å²) in [4.78, 5) is 21.1. The molecule has 33 heavy (non-hydrogen) atoms. The topological polar surface area (TPSA) is 87.5 Å². The molecular formula is C24H37ClN4O4. The van der Waals surface area contributed by atoms with Crippen LogP contribution in [0.15, 0.2) is 12.3 Å². The molecule has 8 nitrogen and oxygen atoms in total. The number of ether oxygens (including phenoxy) is 3. The van der Waals surface area contributed by atoms with E-state index in [0.29, 0.717) is 19.8 Å². The summed E-state index contributed by atoms with van der Waals surface area (Å²) in [6, 6.07) is 2.04. The number of amides is 1. The summed E-state index contributed by atoms with van der Waals surface area (Å²) in [6.07, 6.45) is 6.86. The van der Waals surface area contributed by atoms with Gasteiger partial charge in [0.25, 0.3) is 0 Å². The molecule has 9 heteroatoms. The number of rotatable bonds is 9. The Labute approximate surface area is 201 Å². The predicted molar refractivity (Wildman–Crippen MR) is 128 cm³/mol. The third kappa shape index (κ3) is 6.37. The maximum absolute atomic E-state index is 12.3. The van der Waals surface area contributed by atoms with Crippen LogP contribution in [0.3, 0.4) is 0 Å². The number of nitrogens with zero attached hydrogens (tertiary/aromatic N) is 3. The van der Waals surface area contributed by atoms with Gasteiger partial charge in [-0.2, -0.15) is 4.98 Å². The number of alkyl carbamates (subject to hydrolysis) is 1. The van der Waals surface area contributed by atoms with Crippen molar-refractivity contribution in [3.63, 3.8) is 0 Å². The summed E-state index contributed by atoms with van der Waals surface area (Å²) < 4.78 is 19.7. The number of carbonyl (C=O) groups excluding carboxylic acids is 1. The van der Waals surface area contributed by atoms with Crippen molar-refractivity contribution in [2.75, 3.05) is 19.8 Å². The van der Waals surface area contributed by atoms with E-state index in [2.05, 4.69) is 19.9 Å². The lowest BCUT2D eigenvalue weighted by Crippen LogP contribution is -2.42. The highest BCUT2D eigenvalue weighted by Gasteiger charge is 2.38. The number of aromatic nitrogens is 3. The number of hydrogen-bond donors (Lipinski definition) is 1. The molecule has 2 heterocycles. The van der Waals surface area contributed by atoms with E-state index in [1.807, 2.05) is 40.7 Å². The monoisotopic (exact) mass is 480 g/mol. The number of carbonyl (C=O) groups is 1. The fourth-order valence-electron chi connectivity index (χ4n) is 4.69. The fraction of sp³-hybridized carbons (Fsp3) is 0.708. The van der Waals surface area contributed by atoms with E-state index >= 15 is 0 Å². The maximum Gasteiger partial charge on any atom is 0.407 e. The van der Waals surface area contributed by atoms with Gasteiger partial charge in [-0.1, -0.05) is 19.3 Å². The lowest BCUT2D eigenvalue weighted by Gasteiger charge is -2.41. The largest absolute Gasteiger partial charge is 0.444 e. The highest BCUT2D eigenvalue weighted by molar-refractivity contribution is 6.28. The van der Waals surface area contributed by atoms with Crippen molar-refractivity contribution in [1.29, 1.82) is 0 Å². The van der Waals surface area contributed by atoms with E-state index < -0.39 is 18.0 Å². The van der Waals surface area contributed by atoms with Gasteiger partial charge in [0.05, 0.1) is 5.69 Å². The minimum absolute atomic E-state index is 0.204. The highest BCUT2D eigenvalue weighted by atomic mass is 35.5. The van der Waals surface area contributed by atoms with E-state index in [1.54, 1.807) is 6.20 Å². The second-order valence-corrected chi connectivity index (χ2v) is 9.87. The molecular weight excluding hydrogens is 444 g/mol. The van der Waals surface area contributed by atoms with Gasteiger partial charge in [0, 0.05) is 36.9 Å². The Morgan fingerprint density at radius 2 is 1.88 bits per heavy atom. The smallest absolute Gasteiger partial charge is 0.407 e. The molecule has 0 spiro atoms. The third-order valence-electron chi connectivity index (χ3n) is 5.93. The molecule has 0 saturated heterocycles. The van der Waals surface area contributed by atoms with Crippen LogP contribution in [-0.4, -0.2) is 46.0 Å². The first-order valence-corrected chi connectivity index (χ1v) is 12.3. The van der Waals surface area contributed by atoms with Crippen LogP contribution in [0, 0.1) is 0 Å². The maximum atomic E-state index is 12.3. The van der Waals surface area contributed by atoms with Crippen molar-refractivity contribution >= 4 is 28.7 Å². The van der Waals surface area contributed by atoms with Gasteiger partial charge in [-0.25, -0.2) is 9.78 Å². The number of hydrogen-bond acceptors (Lipinski definition) is 6. The Kier molecular flexibility index (Phi) is 8.59. The van der Waals surface area contributed by atoms with Gasteiger partial charge in [-0.15, -0.1) is 0 Å². The van der Waals surface area contributed by atoms with Gasteiger partial charge in [0.1, 0.15) is 11.2 Å². The van der Waals surface area contributed by atoms with Gasteiger partial charge in [-0.3, -0.25) is 0 Å². The second kappa shape index (κ2) is 11.0. The molecule has 0 bridgehead atoms. The SMILES string of the molecule is CCOC(OCC)c1cc2cnc(Cl)nc2n1C1(CCNC(=O)OC(C)(C)C)CCCCC1. The quantitative estimate of drug-likeness (QED) is 0.364. The molecule has 1 aliphatic carbocycles. The van der Waals surface area contributed by atoms with Gasteiger partial charge in [-0.05, 0) is 71.5 Å². The van der Waals surface area contributed by atoms with Crippen LogP contribution in [0.5, 0.6) is 0 Å². The number of nitrogens with one attached hydrogen (secondary N) is 1. The van der Waals surface area contributed by atoms with Crippen LogP contribution in [0.2, 0.25) is 5.28 Å². The molecule has 0 atom stereocenters. The molecule has 1 fully saturated rings. The van der Waals surface area contributed by atoms with Crippen LogP contribution in [0.25, 0.3) is 11.0 Å². The second-order valence-electron chi connectivity index (χ2n) is 9.53. The van der Waals surface area contributed by atoms with Crippen molar-refractivity contribution in [2.45, 2.75) is 90.6 Å². The van der Waals surface area contributed by atoms with E-state index in [-0.39, 0.29) is 10.8 Å². The summed E-state index contributed by atoms with van der Waals surface area (Å²) in [6.45, 7) is 11.0. The Morgan fingerprint density at radius 1 is 1.21 bits per heavy atom. The van der Waals surface area contributed by atoms with Gasteiger partial charge >= 0.3 is 6.09 Å². The predicted octanol–water partition coefficient (Wildman–Crippen LogP) is 5.73. The van der Waals surface area contributed by atoms with Crippen molar-refractivity contribution in [1.82, 2.24) is 19.9 Å². The average Bonchev–Trinajstić information content (AvgIpc) is 3.12. The third-order valence-corrected chi connectivity index (χ3v) is 6.12. The van der Waals surface area contributed by atoms with E-state index in [1.165, 1.54) is 6.42 Å². The Balaban J connectivity index is 2.01. The van der Waals surface area contributed by atoms with E-state index in [9.17, 15) is 4.79 Å². The molecule has 2 aromatic heterocycles. The summed E-state index contributed by atoms with van der Waals surface area (Å²) in [5.41, 5.74) is 0.888. The zero-order chi connectivity index (χ0) is 24.1. The molecule has 1 aliphatic rings. The summed E-state index contributed by atoms with van der Waals surface area (Å²) in [7, 11) is 0. The van der Waals surface area contributed by atoms with Crippen molar-refractivity contribution < 1.29 is 19.0 Å². The van der Waals surface area contributed by atoms with E-state index in [0.717, 1.165) is 48.8 Å². The van der Waals surface area contributed by atoms with Gasteiger partial charge < -0.3 is 24.1 Å². The van der Waals surface area contributed by atoms with Crippen LogP contribution in [0.4, 0.5) is 4.79 Å². The molecule has 0 radical (unpaired) electrons. The van der Waals surface area contributed by atoms with Crippen LogP contribution >= 0.6 is 11.6 Å². The Bertz CT molecular complexity index is 928. The number of halogens is 1. The molecule has 1 N–H and O–H groups in total. The zero-order valence-corrected chi connectivity index (χ0v) is 21.2. The molecule has 1 saturated carbocycles. The average molecular weight is 481 g/mol. The molecule has 0 aromatic carbocycles. The normalized spacial score (nSPS) is 16.3. The van der Waals surface area contributed by atoms with Crippen molar-refractivity contribution in [3.8, 4) is 0 Å². The molecule has 0 aliphatic heterocycles. The minimum Gasteiger partial charge on any atom is -0.444 e. The first kappa shape index (κ1) is 25.7. The fourth-order valence-corrected chi connectivity index (χ4v) is 4.82. The van der Waals surface area contributed by atoms with Crippen molar-refractivity contribution in [2.24, 2.45) is 0 Å². The van der Waals surface area contributed by atoms with Gasteiger partial charge in [0.2, 0.25) is 5.28 Å². The van der Waals surface area contributed by atoms with Crippen LogP contribution < -0.4 is 5.32 Å². The zero-order valence-electron chi connectivity index (χ0n) is 20.4. The first-order valence-electron chi connectivity index (χ1n) is 11.9. The van der Waals surface area contributed by atoms with Crippen LogP contribution in [0.1, 0.15) is 85.1 Å². The first-order chi connectivity index (χ1) is 15.7. The van der Waals surface area contributed by atoms with Gasteiger partial charge in [0.15, 0.2) is 6.29 Å². The van der Waals surface area contributed by atoms with E-state index in [4.69, 9.17) is 25.8 Å². The highest BCUT2D eigenvalue weighted by Crippen LogP contribution is 2.43. The summed E-state index contributed by atoms with van der Waals surface area (Å²) in [5, 5.41) is 4.03. The Morgan fingerprint density at radius 3 is 2.48 bits per heavy atom. The minimum atomic E-state index is -0.535. The molecule has 184 valence electrons. The lowest BCUT2D eigenvalue weighted by atomic mass is 9.78. The number of fused-ring (bicyclic) bond motifs is 1. The standard InChI is InChI=1S/C24H37ClN4O4/c1-6-31-20(32-7-2)18-15-17-16-27-21(25)28-19(17)29(18)24(11-9-8-10-12-24)13-14-26-22(30)33-23(3,4)5/h15-16,20H,6-14H2,1-5H3,(H,26,30). The lowest BCUT2D eigenvalue weighted by molar-refractivity contribution is -0.146.